The summed E-state index contributed by atoms with van der Waals surface area (Å²) in [5, 5.41) is 3.08. The fraction of sp³-hybridized carbons (Fsp3) is 0.550. The Labute approximate surface area is 162 Å². The number of benzene rings is 1. The minimum atomic E-state index is -3.64. The number of ether oxygens (including phenoxy) is 1. The number of hydrogen-bond donors (Lipinski definition) is 1. The quantitative estimate of drug-likeness (QED) is 0.753. The van der Waals surface area contributed by atoms with Crippen LogP contribution in [-0.2, 0) is 14.8 Å². The molecule has 0 aliphatic heterocycles. The van der Waals surface area contributed by atoms with Crippen molar-refractivity contribution >= 4 is 22.0 Å². The van der Waals surface area contributed by atoms with Gasteiger partial charge in [-0.25, -0.2) is 12.7 Å². The lowest BCUT2D eigenvalue weighted by molar-refractivity contribution is -0.117. The summed E-state index contributed by atoms with van der Waals surface area (Å²) < 4.78 is 31.3. The van der Waals surface area contributed by atoms with E-state index in [0.29, 0.717) is 17.4 Å². The number of amides is 1. The van der Waals surface area contributed by atoms with E-state index < -0.39 is 10.0 Å². The average molecular weight is 395 g/mol. The first-order valence-electron chi connectivity index (χ1n) is 9.26. The van der Waals surface area contributed by atoms with Gasteiger partial charge in [-0.1, -0.05) is 32.8 Å². The summed E-state index contributed by atoms with van der Waals surface area (Å²) in [6, 6.07) is 5.02. The summed E-state index contributed by atoms with van der Waals surface area (Å²) in [5.41, 5.74) is 0.622. The molecule has 0 bridgehead atoms. The van der Waals surface area contributed by atoms with Gasteiger partial charge < -0.3 is 10.1 Å². The van der Waals surface area contributed by atoms with E-state index in [0.717, 1.165) is 17.1 Å². The van der Waals surface area contributed by atoms with Crippen LogP contribution in [0.3, 0.4) is 0 Å². The van der Waals surface area contributed by atoms with Crippen molar-refractivity contribution in [3.8, 4) is 5.75 Å². The molecule has 1 aromatic carbocycles. The Bertz CT molecular complexity index is 802. The smallest absolute Gasteiger partial charge is 0.246 e. The second kappa shape index (κ2) is 8.89. The van der Waals surface area contributed by atoms with Gasteiger partial charge in [0.1, 0.15) is 10.6 Å². The van der Waals surface area contributed by atoms with Crippen LogP contribution in [0.25, 0.3) is 6.08 Å². The molecule has 1 aliphatic rings. The van der Waals surface area contributed by atoms with E-state index >= 15 is 0 Å². The van der Waals surface area contributed by atoms with E-state index in [1.165, 1.54) is 39.8 Å². The molecule has 7 heteroatoms. The summed E-state index contributed by atoms with van der Waals surface area (Å²) in [4.78, 5) is 12.4. The summed E-state index contributed by atoms with van der Waals surface area (Å²) in [5.74, 6) is 1.17. The van der Waals surface area contributed by atoms with Crippen molar-refractivity contribution < 1.29 is 17.9 Å². The van der Waals surface area contributed by atoms with Crippen LogP contribution in [0.1, 0.15) is 38.7 Å². The normalized spacial score (nSPS) is 23.6. The van der Waals surface area contributed by atoms with Gasteiger partial charge in [0.25, 0.3) is 0 Å². The number of carbonyl (C=O) groups excluding carboxylic acids is 1. The Hall–Kier alpha value is -1.86. The molecule has 1 amide bonds. The van der Waals surface area contributed by atoms with Crippen LogP contribution in [0.4, 0.5) is 0 Å². The maximum absolute atomic E-state index is 12.5. The van der Waals surface area contributed by atoms with E-state index in [4.69, 9.17) is 4.74 Å². The lowest BCUT2D eigenvalue weighted by atomic mass is 9.78. The molecule has 1 aliphatic carbocycles. The Morgan fingerprint density at radius 3 is 2.59 bits per heavy atom. The first-order chi connectivity index (χ1) is 12.7. The standard InChI is InChI=1S/C20H30N2O4S/c1-14-7-6-8-17(15(14)2)21-20(23)12-10-16-9-11-18(26-5)19(13-16)27(24,25)22(3)4/h9-15,17H,6-8H2,1-5H3,(H,21,23)/b12-10+. The first kappa shape index (κ1) is 21.4. The van der Waals surface area contributed by atoms with Crippen molar-refractivity contribution in [2.45, 2.75) is 44.0 Å². The van der Waals surface area contributed by atoms with Gasteiger partial charge in [-0.15, -0.1) is 0 Å². The molecular weight excluding hydrogens is 364 g/mol. The number of rotatable bonds is 6. The second-order valence-corrected chi connectivity index (χ2v) is 9.53. The van der Waals surface area contributed by atoms with Gasteiger partial charge in [-0.3, -0.25) is 4.79 Å². The molecule has 1 N–H and O–H groups in total. The molecule has 1 fully saturated rings. The molecule has 0 aromatic heterocycles. The highest BCUT2D eigenvalue weighted by Gasteiger charge is 2.27. The van der Waals surface area contributed by atoms with Gasteiger partial charge in [-0.2, -0.15) is 0 Å². The predicted octanol–water partition coefficient (Wildman–Crippen LogP) is 2.90. The van der Waals surface area contributed by atoms with Crippen molar-refractivity contribution in [1.82, 2.24) is 9.62 Å². The third-order valence-electron chi connectivity index (χ3n) is 5.41. The molecule has 1 aromatic rings. The maximum Gasteiger partial charge on any atom is 0.246 e. The lowest BCUT2D eigenvalue weighted by Crippen LogP contribution is -2.43. The van der Waals surface area contributed by atoms with Crippen LogP contribution >= 0.6 is 0 Å². The molecule has 2 rings (SSSR count). The van der Waals surface area contributed by atoms with Crippen LogP contribution in [-0.4, -0.2) is 45.9 Å². The van der Waals surface area contributed by atoms with E-state index in [9.17, 15) is 13.2 Å². The number of sulfonamides is 1. The van der Waals surface area contributed by atoms with Crippen LogP contribution in [0.5, 0.6) is 5.75 Å². The number of nitrogens with one attached hydrogen (secondary N) is 1. The topological polar surface area (TPSA) is 75.7 Å². The van der Waals surface area contributed by atoms with Gasteiger partial charge >= 0.3 is 0 Å². The number of hydrogen-bond acceptors (Lipinski definition) is 4. The zero-order valence-corrected chi connectivity index (χ0v) is 17.5. The van der Waals surface area contributed by atoms with Crippen LogP contribution in [0, 0.1) is 11.8 Å². The molecule has 27 heavy (non-hydrogen) atoms. The number of nitrogens with zero attached hydrogens (tertiary/aromatic N) is 1. The third kappa shape index (κ3) is 5.11. The van der Waals surface area contributed by atoms with E-state index in [1.54, 1.807) is 18.2 Å². The van der Waals surface area contributed by atoms with Crippen LogP contribution in [0.15, 0.2) is 29.2 Å². The van der Waals surface area contributed by atoms with Crippen molar-refractivity contribution in [2.24, 2.45) is 11.8 Å². The van der Waals surface area contributed by atoms with Crippen LogP contribution in [0.2, 0.25) is 0 Å². The lowest BCUT2D eigenvalue weighted by Gasteiger charge is -2.34. The second-order valence-electron chi connectivity index (χ2n) is 7.41. The molecule has 3 unspecified atom stereocenters. The molecule has 3 atom stereocenters. The number of methoxy groups -OCH3 is 1. The molecule has 6 nitrogen and oxygen atoms in total. The molecule has 1 saturated carbocycles. The first-order valence-corrected chi connectivity index (χ1v) is 10.7. The fourth-order valence-corrected chi connectivity index (χ4v) is 4.47. The van der Waals surface area contributed by atoms with Gasteiger partial charge in [0.05, 0.1) is 7.11 Å². The molecular formula is C20H30N2O4S. The Balaban J connectivity index is 2.16. The molecule has 150 valence electrons. The van der Waals surface area contributed by atoms with Gasteiger partial charge in [0.2, 0.25) is 15.9 Å². The Kier molecular flexibility index (Phi) is 7.06. The number of carbonyl (C=O) groups is 1. The van der Waals surface area contributed by atoms with Crippen LogP contribution < -0.4 is 10.1 Å². The van der Waals surface area contributed by atoms with Gasteiger partial charge in [0, 0.05) is 26.2 Å². The summed E-state index contributed by atoms with van der Waals surface area (Å²) in [7, 11) is 0.726. The largest absolute Gasteiger partial charge is 0.495 e. The summed E-state index contributed by atoms with van der Waals surface area (Å²) >= 11 is 0. The Morgan fingerprint density at radius 2 is 1.96 bits per heavy atom. The minimum Gasteiger partial charge on any atom is -0.495 e. The molecule has 0 saturated heterocycles. The highest BCUT2D eigenvalue weighted by atomic mass is 32.2. The predicted molar refractivity (Wildman–Crippen MR) is 107 cm³/mol. The van der Waals surface area contributed by atoms with E-state index in [-0.39, 0.29) is 22.6 Å². The SMILES string of the molecule is COc1ccc(/C=C/C(=O)NC2CCCC(C)C2C)cc1S(=O)(=O)N(C)C. The molecule has 0 radical (unpaired) electrons. The third-order valence-corrected chi connectivity index (χ3v) is 7.24. The van der Waals surface area contributed by atoms with Gasteiger partial charge in [-0.05, 0) is 42.0 Å². The average Bonchev–Trinajstić information content (AvgIpc) is 2.63. The highest BCUT2D eigenvalue weighted by molar-refractivity contribution is 7.89. The summed E-state index contributed by atoms with van der Waals surface area (Å²) in [6.07, 6.45) is 6.42. The highest BCUT2D eigenvalue weighted by Crippen LogP contribution is 2.30. The van der Waals surface area contributed by atoms with Crippen molar-refractivity contribution in [3.05, 3.63) is 29.8 Å². The Morgan fingerprint density at radius 1 is 1.26 bits per heavy atom. The van der Waals surface area contributed by atoms with E-state index in [1.807, 2.05) is 0 Å². The van der Waals surface area contributed by atoms with E-state index in [2.05, 4.69) is 19.2 Å². The van der Waals surface area contributed by atoms with Gasteiger partial charge in [0.15, 0.2) is 0 Å². The van der Waals surface area contributed by atoms with Crippen molar-refractivity contribution in [1.29, 1.82) is 0 Å². The maximum atomic E-state index is 12.5. The minimum absolute atomic E-state index is 0.0762. The van der Waals surface area contributed by atoms with Crippen molar-refractivity contribution in [3.63, 3.8) is 0 Å². The molecule has 0 spiro atoms. The zero-order valence-electron chi connectivity index (χ0n) is 16.7. The monoisotopic (exact) mass is 394 g/mol. The molecule has 0 heterocycles. The summed E-state index contributed by atoms with van der Waals surface area (Å²) in [6.45, 7) is 4.41. The zero-order chi connectivity index (χ0) is 20.2. The van der Waals surface area contributed by atoms with Crippen molar-refractivity contribution in [2.75, 3.05) is 21.2 Å². The fourth-order valence-electron chi connectivity index (χ4n) is 3.38.